The molecule has 0 bridgehead atoms. The lowest BCUT2D eigenvalue weighted by atomic mass is 10.2. The highest BCUT2D eigenvalue weighted by Gasteiger charge is 2.21. The van der Waals surface area contributed by atoms with E-state index in [-0.39, 0.29) is 23.5 Å². The number of rotatable bonds is 2. The Morgan fingerprint density at radius 3 is 2.94 bits per heavy atom. The number of H-pyrrole nitrogens is 1. The van der Waals surface area contributed by atoms with Crippen LogP contribution in [0.5, 0.6) is 0 Å². The molecule has 1 aromatic carbocycles. The lowest BCUT2D eigenvalue weighted by Crippen LogP contribution is -2.32. The Bertz CT molecular complexity index is 587. The zero-order chi connectivity index (χ0) is 12.5. The Morgan fingerprint density at radius 1 is 1.39 bits per heavy atom. The molecule has 0 saturated heterocycles. The van der Waals surface area contributed by atoms with Gasteiger partial charge >= 0.3 is 0 Å². The SMILES string of the molecule is O=C(NC1CCCC1)c1n[nH]c2ccc(F)cc12. The molecule has 0 unspecified atom stereocenters. The van der Waals surface area contributed by atoms with Gasteiger partial charge in [0.1, 0.15) is 5.82 Å². The van der Waals surface area contributed by atoms with Crippen LogP contribution in [0.1, 0.15) is 36.2 Å². The average Bonchev–Trinajstić information content (AvgIpc) is 2.97. The summed E-state index contributed by atoms with van der Waals surface area (Å²) in [6.07, 6.45) is 4.34. The molecule has 1 heterocycles. The van der Waals surface area contributed by atoms with Gasteiger partial charge in [-0.25, -0.2) is 4.39 Å². The Balaban J connectivity index is 1.88. The number of halogens is 1. The van der Waals surface area contributed by atoms with Crippen molar-refractivity contribution in [2.45, 2.75) is 31.7 Å². The number of nitrogens with one attached hydrogen (secondary N) is 2. The van der Waals surface area contributed by atoms with Gasteiger partial charge in [0.25, 0.3) is 5.91 Å². The molecule has 0 aliphatic heterocycles. The van der Waals surface area contributed by atoms with Crippen LogP contribution in [-0.4, -0.2) is 22.1 Å². The second kappa shape index (κ2) is 4.40. The van der Waals surface area contributed by atoms with Gasteiger partial charge in [-0.1, -0.05) is 12.8 Å². The Hall–Kier alpha value is -1.91. The maximum atomic E-state index is 13.2. The number of carbonyl (C=O) groups is 1. The minimum Gasteiger partial charge on any atom is -0.348 e. The van der Waals surface area contributed by atoms with Crippen molar-refractivity contribution in [2.24, 2.45) is 0 Å². The highest BCUT2D eigenvalue weighted by Crippen LogP contribution is 2.20. The fourth-order valence-corrected chi connectivity index (χ4v) is 2.48. The largest absolute Gasteiger partial charge is 0.348 e. The number of fused-ring (bicyclic) bond motifs is 1. The third-order valence-electron chi connectivity index (χ3n) is 3.43. The van der Waals surface area contributed by atoms with Gasteiger partial charge in [0.2, 0.25) is 0 Å². The molecule has 0 spiro atoms. The van der Waals surface area contributed by atoms with Crippen LogP contribution >= 0.6 is 0 Å². The van der Waals surface area contributed by atoms with Gasteiger partial charge in [0, 0.05) is 11.4 Å². The van der Waals surface area contributed by atoms with E-state index in [9.17, 15) is 9.18 Å². The predicted molar refractivity (Wildman–Crippen MR) is 65.8 cm³/mol. The fraction of sp³-hybridized carbons (Fsp3) is 0.385. The van der Waals surface area contributed by atoms with Crippen LogP contribution < -0.4 is 5.32 Å². The highest BCUT2D eigenvalue weighted by atomic mass is 19.1. The summed E-state index contributed by atoms with van der Waals surface area (Å²) in [7, 11) is 0. The van der Waals surface area contributed by atoms with E-state index in [1.807, 2.05) is 0 Å². The zero-order valence-electron chi connectivity index (χ0n) is 9.87. The molecule has 5 heteroatoms. The minimum absolute atomic E-state index is 0.223. The minimum atomic E-state index is -0.362. The van der Waals surface area contributed by atoms with Crippen LogP contribution in [0.2, 0.25) is 0 Å². The van der Waals surface area contributed by atoms with Gasteiger partial charge < -0.3 is 5.32 Å². The molecule has 1 saturated carbocycles. The fourth-order valence-electron chi connectivity index (χ4n) is 2.48. The summed E-state index contributed by atoms with van der Waals surface area (Å²) < 4.78 is 13.2. The van der Waals surface area contributed by atoms with E-state index in [0.717, 1.165) is 25.7 Å². The van der Waals surface area contributed by atoms with Crippen LogP contribution in [0.4, 0.5) is 4.39 Å². The van der Waals surface area contributed by atoms with Crippen molar-refractivity contribution in [1.29, 1.82) is 0 Å². The van der Waals surface area contributed by atoms with Crippen LogP contribution in [0.25, 0.3) is 10.9 Å². The maximum Gasteiger partial charge on any atom is 0.272 e. The topological polar surface area (TPSA) is 57.8 Å². The number of aromatic nitrogens is 2. The summed E-state index contributed by atoms with van der Waals surface area (Å²) >= 11 is 0. The van der Waals surface area contributed by atoms with E-state index in [4.69, 9.17) is 0 Å². The van der Waals surface area contributed by atoms with Crippen LogP contribution in [0.3, 0.4) is 0 Å². The molecule has 0 radical (unpaired) electrons. The van der Waals surface area contributed by atoms with Gasteiger partial charge in [-0.15, -0.1) is 0 Å². The molecule has 1 aliphatic rings. The molecule has 2 N–H and O–H groups in total. The molecule has 1 fully saturated rings. The number of aromatic amines is 1. The lowest BCUT2D eigenvalue weighted by Gasteiger charge is -2.10. The third kappa shape index (κ3) is 1.96. The number of benzene rings is 1. The third-order valence-corrected chi connectivity index (χ3v) is 3.43. The molecule has 94 valence electrons. The van der Waals surface area contributed by atoms with Gasteiger partial charge in [0.05, 0.1) is 5.52 Å². The molecule has 1 amide bonds. The monoisotopic (exact) mass is 247 g/mol. The van der Waals surface area contributed by atoms with Crippen molar-refractivity contribution in [2.75, 3.05) is 0 Å². The van der Waals surface area contributed by atoms with E-state index in [2.05, 4.69) is 15.5 Å². The van der Waals surface area contributed by atoms with Crippen molar-refractivity contribution < 1.29 is 9.18 Å². The van der Waals surface area contributed by atoms with Crippen molar-refractivity contribution in [3.63, 3.8) is 0 Å². The Morgan fingerprint density at radius 2 is 2.17 bits per heavy atom. The highest BCUT2D eigenvalue weighted by molar-refractivity contribution is 6.04. The van der Waals surface area contributed by atoms with Gasteiger partial charge in [-0.05, 0) is 31.0 Å². The summed E-state index contributed by atoms with van der Waals surface area (Å²) in [5.74, 6) is -0.586. The summed E-state index contributed by atoms with van der Waals surface area (Å²) in [5.41, 5.74) is 0.948. The van der Waals surface area contributed by atoms with E-state index in [1.54, 1.807) is 6.07 Å². The first-order chi connectivity index (χ1) is 8.74. The number of hydrogen-bond donors (Lipinski definition) is 2. The average molecular weight is 247 g/mol. The first kappa shape index (κ1) is 11.2. The quantitative estimate of drug-likeness (QED) is 0.856. The van der Waals surface area contributed by atoms with E-state index in [0.29, 0.717) is 10.9 Å². The Kier molecular flexibility index (Phi) is 2.74. The van der Waals surface area contributed by atoms with E-state index in [1.165, 1.54) is 12.1 Å². The standard InChI is InChI=1S/C13H14FN3O/c14-8-5-6-11-10(7-8)12(17-16-11)13(18)15-9-3-1-2-4-9/h5-7,9H,1-4H2,(H,15,18)(H,16,17). The molecule has 1 aromatic heterocycles. The molecule has 4 nitrogen and oxygen atoms in total. The summed E-state index contributed by atoms with van der Waals surface area (Å²) in [4.78, 5) is 12.1. The van der Waals surface area contributed by atoms with Crippen LogP contribution in [0.15, 0.2) is 18.2 Å². The molecular formula is C13H14FN3O. The van der Waals surface area contributed by atoms with Crippen molar-refractivity contribution in [3.05, 3.63) is 29.7 Å². The summed E-state index contributed by atoms with van der Waals surface area (Å²) in [5, 5.41) is 10.2. The van der Waals surface area contributed by atoms with Gasteiger partial charge in [-0.2, -0.15) is 5.10 Å². The van der Waals surface area contributed by atoms with Gasteiger partial charge in [-0.3, -0.25) is 9.89 Å². The molecule has 3 rings (SSSR count). The van der Waals surface area contributed by atoms with Crippen LogP contribution in [-0.2, 0) is 0 Å². The second-order valence-corrected chi connectivity index (χ2v) is 4.72. The summed E-state index contributed by atoms with van der Waals surface area (Å²) in [6, 6.07) is 4.50. The van der Waals surface area contributed by atoms with Crippen molar-refractivity contribution >= 4 is 16.8 Å². The molecule has 1 aliphatic carbocycles. The van der Waals surface area contributed by atoms with Gasteiger partial charge in [0.15, 0.2) is 5.69 Å². The van der Waals surface area contributed by atoms with Crippen molar-refractivity contribution in [1.82, 2.24) is 15.5 Å². The van der Waals surface area contributed by atoms with Crippen molar-refractivity contribution in [3.8, 4) is 0 Å². The second-order valence-electron chi connectivity index (χ2n) is 4.72. The molecule has 18 heavy (non-hydrogen) atoms. The first-order valence-corrected chi connectivity index (χ1v) is 6.18. The predicted octanol–water partition coefficient (Wildman–Crippen LogP) is 2.37. The number of carbonyl (C=O) groups excluding carboxylic acids is 1. The first-order valence-electron chi connectivity index (χ1n) is 6.18. The normalized spacial score (nSPS) is 16.3. The zero-order valence-corrected chi connectivity index (χ0v) is 9.87. The number of amides is 1. The molecular weight excluding hydrogens is 233 g/mol. The maximum absolute atomic E-state index is 13.2. The summed E-state index contributed by atoms with van der Waals surface area (Å²) in [6.45, 7) is 0. The number of hydrogen-bond acceptors (Lipinski definition) is 2. The molecule has 2 aromatic rings. The number of nitrogens with zero attached hydrogens (tertiary/aromatic N) is 1. The Labute approximate surface area is 104 Å². The van der Waals surface area contributed by atoms with Crippen LogP contribution in [0, 0.1) is 5.82 Å². The molecule has 0 atom stereocenters. The lowest BCUT2D eigenvalue weighted by molar-refractivity contribution is 0.0934. The van der Waals surface area contributed by atoms with E-state index < -0.39 is 0 Å². The smallest absolute Gasteiger partial charge is 0.272 e. The van der Waals surface area contributed by atoms with E-state index >= 15 is 0 Å².